The molecule has 0 aliphatic carbocycles. The van der Waals surface area contributed by atoms with Crippen molar-refractivity contribution in [2.75, 3.05) is 47.5 Å². The summed E-state index contributed by atoms with van der Waals surface area (Å²) >= 11 is 0. The number of likely N-dealkylation sites (N-methyl/N-ethyl adjacent to an activating group) is 1. The monoisotopic (exact) mass is 953 g/mol. The number of carboxylic acid groups (broad SMARTS) is 1. The topological polar surface area (TPSA) is 108 Å². The molecule has 9 heteroatoms. The van der Waals surface area contributed by atoms with Crippen molar-refractivity contribution < 1.29 is 42.9 Å². The number of aliphatic carboxylic acids is 1. The van der Waals surface area contributed by atoms with Crippen molar-refractivity contribution in [3.8, 4) is 0 Å². The lowest BCUT2D eigenvalue weighted by molar-refractivity contribution is -0.870. The molecule has 0 rings (SSSR count). The maximum atomic E-state index is 12.8. The van der Waals surface area contributed by atoms with E-state index in [0.29, 0.717) is 23.9 Å². The number of carboxylic acids is 1. The van der Waals surface area contributed by atoms with Crippen LogP contribution in [0.3, 0.4) is 0 Å². The van der Waals surface area contributed by atoms with Gasteiger partial charge in [-0.25, -0.2) is 4.79 Å². The number of esters is 2. The van der Waals surface area contributed by atoms with Crippen LogP contribution in [0.2, 0.25) is 0 Å². The smallest absolute Gasteiger partial charge is 0.361 e. The van der Waals surface area contributed by atoms with Crippen molar-refractivity contribution in [1.29, 1.82) is 0 Å². The number of quaternary nitrogens is 1. The zero-order chi connectivity index (χ0) is 49.9. The Bertz CT molecular complexity index is 1390. The molecule has 0 spiro atoms. The van der Waals surface area contributed by atoms with Gasteiger partial charge in [0.05, 0.1) is 34.4 Å². The van der Waals surface area contributed by atoms with E-state index in [1.165, 1.54) is 83.5 Å². The minimum absolute atomic E-state index is 0.180. The first-order chi connectivity index (χ1) is 33.1. The van der Waals surface area contributed by atoms with Crippen molar-refractivity contribution in [2.24, 2.45) is 0 Å². The van der Waals surface area contributed by atoms with E-state index in [-0.39, 0.29) is 32.2 Å². The summed E-state index contributed by atoms with van der Waals surface area (Å²) < 4.78 is 22.8. The maximum Gasteiger partial charge on any atom is 0.361 e. The molecule has 0 aliphatic heterocycles. The predicted octanol–water partition coefficient (Wildman–Crippen LogP) is 15.6. The summed E-state index contributed by atoms with van der Waals surface area (Å²) in [7, 11) is 5.95. The summed E-state index contributed by atoms with van der Waals surface area (Å²) in [6.45, 7) is 4.74. The van der Waals surface area contributed by atoms with Crippen molar-refractivity contribution >= 4 is 17.9 Å². The second kappa shape index (κ2) is 49.9. The first-order valence-corrected chi connectivity index (χ1v) is 27.3. The standard InChI is InChI=1S/C59H101NO8/c1-6-8-10-12-14-16-18-20-22-24-25-26-27-28-29-30-31-32-33-34-36-38-40-42-44-46-48-50-57(62)68-55(54-67-59(58(63)64)65-52-51-60(3,4)5)53-66-56(61)49-47-45-43-41-39-37-35-23-21-19-17-15-13-11-9-7-2/h8,10,14,16,20,22,25-26,28-29,31-32,34,36,55,59H,6-7,9,11-13,15,17-19,21,23-24,27,30,33,35,37-54H2,1-5H3/p+1/b10-8-,16-14-,22-20-,26-25-,29-28-,32-31-,36-34-. The van der Waals surface area contributed by atoms with Crippen LogP contribution < -0.4 is 0 Å². The average molecular weight is 953 g/mol. The summed E-state index contributed by atoms with van der Waals surface area (Å²) in [6, 6.07) is 0. The molecule has 390 valence electrons. The van der Waals surface area contributed by atoms with Gasteiger partial charge in [-0.1, -0.05) is 214 Å². The Hall–Kier alpha value is -3.53. The third-order valence-electron chi connectivity index (χ3n) is 11.4. The Morgan fingerprint density at radius 3 is 1.25 bits per heavy atom. The van der Waals surface area contributed by atoms with Gasteiger partial charge >= 0.3 is 17.9 Å². The number of allylic oxidation sites excluding steroid dienone is 14. The third-order valence-corrected chi connectivity index (χ3v) is 11.4. The number of carbonyl (C=O) groups is 3. The molecule has 0 saturated carbocycles. The first kappa shape index (κ1) is 64.5. The van der Waals surface area contributed by atoms with Gasteiger partial charge in [0.15, 0.2) is 6.10 Å². The largest absolute Gasteiger partial charge is 0.477 e. The van der Waals surface area contributed by atoms with Gasteiger partial charge in [0.25, 0.3) is 6.29 Å². The van der Waals surface area contributed by atoms with Crippen LogP contribution >= 0.6 is 0 Å². The van der Waals surface area contributed by atoms with Crippen LogP contribution in [-0.4, -0.2) is 87.4 Å². The zero-order valence-corrected chi connectivity index (χ0v) is 44.2. The first-order valence-electron chi connectivity index (χ1n) is 27.3. The SMILES string of the molecule is CC/C=C\C/C=C\C/C=C\C/C=C\C/C=C\C/C=C\C/C=C\CCCCCCCC(=O)OC(COC(=O)CCCCCCCCCCCCCCCCCC)COC(OCC[N+](C)(C)C)C(=O)O. The van der Waals surface area contributed by atoms with Crippen LogP contribution in [-0.2, 0) is 33.3 Å². The molecule has 0 saturated heterocycles. The maximum absolute atomic E-state index is 12.8. The average Bonchev–Trinajstić information content (AvgIpc) is 3.30. The highest BCUT2D eigenvalue weighted by Gasteiger charge is 2.25. The molecule has 1 N–H and O–H groups in total. The molecule has 0 bridgehead atoms. The van der Waals surface area contributed by atoms with Gasteiger partial charge in [0.2, 0.25) is 0 Å². The fraction of sp³-hybridized carbons (Fsp3) is 0.712. The van der Waals surface area contributed by atoms with Gasteiger partial charge in [-0.05, 0) is 70.6 Å². The molecular weight excluding hydrogens is 851 g/mol. The molecule has 2 unspecified atom stereocenters. The lowest BCUT2D eigenvalue weighted by atomic mass is 10.0. The minimum atomic E-state index is -1.52. The highest BCUT2D eigenvalue weighted by atomic mass is 16.7. The summed E-state index contributed by atoms with van der Waals surface area (Å²) in [5.41, 5.74) is 0. The van der Waals surface area contributed by atoms with E-state index in [1.807, 2.05) is 21.1 Å². The van der Waals surface area contributed by atoms with Gasteiger partial charge in [-0.2, -0.15) is 0 Å². The third kappa shape index (κ3) is 50.3. The van der Waals surface area contributed by atoms with E-state index in [1.54, 1.807) is 0 Å². The molecular formula is C59H102NO8+. The summed E-state index contributed by atoms with van der Waals surface area (Å²) in [6.07, 6.45) is 62.2. The van der Waals surface area contributed by atoms with Crippen LogP contribution in [0, 0.1) is 0 Å². The molecule has 68 heavy (non-hydrogen) atoms. The van der Waals surface area contributed by atoms with Crippen LogP contribution in [0.5, 0.6) is 0 Å². The molecule has 0 aliphatic rings. The quantitative estimate of drug-likeness (QED) is 0.0211. The van der Waals surface area contributed by atoms with Crippen molar-refractivity contribution in [1.82, 2.24) is 0 Å². The van der Waals surface area contributed by atoms with Gasteiger partial charge < -0.3 is 28.5 Å². The molecule has 0 fully saturated rings. The second-order valence-corrected chi connectivity index (χ2v) is 19.2. The van der Waals surface area contributed by atoms with Crippen molar-refractivity contribution in [2.45, 2.75) is 225 Å². The highest BCUT2D eigenvalue weighted by molar-refractivity contribution is 5.71. The molecule has 2 atom stereocenters. The van der Waals surface area contributed by atoms with Crippen LogP contribution in [0.15, 0.2) is 85.1 Å². The van der Waals surface area contributed by atoms with E-state index in [9.17, 15) is 19.5 Å². The summed E-state index contributed by atoms with van der Waals surface area (Å²) in [5, 5.41) is 9.68. The van der Waals surface area contributed by atoms with Gasteiger partial charge in [-0.15, -0.1) is 0 Å². The van der Waals surface area contributed by atoms with E-state index in [4.69, 9.17) is 18.9 Å². The van der Waals surface area contributed by atoms with Gasteiger partial charge in [0, 0.05) is 12.8 Å². The highest BCUT2D eigenvalue weighted by Crippen LogP contribution is 2.15. The lowest BCUT2D eigenvalue weighted by Gasteiger charge is -2.25. The molecule has 0 aromatic carbocycles. The minimum Gasteiger partial charge on any atom is -0.477 e. The fourth-order valence-electron chi connectivity index (χ4n) is 7.23. The van der Waals surface area contributed by atoms with Gasteiger partial charge in [-0.3, -0.25) is 9.59 Å². The van der Waals surface area contributed by atoms with Crippen LogP contribution in [0.25, 0.3) is 0 Å². The summed E-state index contributed by atoms with van der Waals surface area (Å²) in [4.78, 5) is 37.3. The van der Waals surface area contributed by atoms with E-state index < -0.39 is 24.3 Å². The van der Waals surface area contributed by atoms with Crippen LogP contribution in [0.1, 0.15) is 213 Å². The number of rotatable bonds is 49. The second-order valence-electron chi connectivity index (χ2n) is 19.2. The molecule has 0 amide bonds. The Morgan fingerprint density at radius 2 is 0.838 bits per heavy atom. The number of carbonyl (C=O) groups excluding carboxylic acids is 2. The Labute approximate surface area is 417 Å². The summed E-state index contributed by atoms with van der Waals surface area (Å²) in [5.74, 6) is -2.03. The van der Waals surface area contributed by atoms with Crippen molar-refractivity contribution in [3.63, 3.8) is 0 Å². The Morgan fingerprint density at radius 1 is 0.456 bits per heavy atom. The van der Waals surface area contributed by atoms with Gasteiger partial charge in [0.1, 0.15) is 13.2 Å². The fourth-order valence-corrected chi connectivity index (χ4v) is 7.23. The Kier molecular flexibility index (Phi) is 47.3. The van der Waals surface area contributed by atoms with E-state index >= 15 is 0 Å². The number of unbranched alkanes of at least 4 members (excludes halogenated alkanes) is 20. The number of hydrogen-bond acceptors (Lipinski definition) is 7. The molecule has 0 heterocycles. The molecule has 0 radical (unpaired) electrons. The number of nitrogens with zero attached hydrogens (tertiary/aromatic N) is 1. The van der Waals surface area contributed by atoms with Crippen LogP contribution in [0.4, 0.5) is 0 Å². The van der Waals surface area contributed by atoms with E-state index in [0.717, 1.165) is 96.3 Å². The Balaban J connectivity index is 4.35. The van der Waals surface area contributed by atoms with E-state index in [2.05, 4.69) is 98.9 Å². The normalized spacial score (nSPS) is 13.5. The number of ether oxygens (including phenoxy) is 4. The van der Waals surface area contributed by atoms with Crippen molar-refractivity contribution in [3.05, 3.63) is 85.1 Å². The molecule has 9 nitrogen and oxygen atoms in total. The lowest BCUT2D eigenvalue weighted by Crippen LogP contribution is -2.40. The molecule has 0 aromatic rings. The number of hydrogen-bond donors (Lipinski definition) is 1. The molecule has 0 aromatic heterocycles. The predicted molar refractivity (Wildman–Crippen MR) is 286 cm³/mol. The zero-order valence-electron chi connectivity index (χ0n) is 44.2.